The second-order valence-corrected chi connectivity index (χ2v) is 11.3. The van der Waals surface area contributed by atoms with Crippen LogP contribution in [-0.4, -0.2) is 58.4 Å². The summed E-state index contributed by atoms with van der Waals surface area (Å²) in [6, 6.07) is 5.57. The predicted octanol–water partition coefficient (Wildman–Crippen LogP) is 2.17. The maximum Gasteiger partial charge on any atom is 0.231 e. The quantitative estimate of drug-likeness (QED) is 0.532. The molecule has 1 atom stereocenters. The molecule has 1 saturated heterocycles. The maximum absolute atomic E-state index is 11.9. The van der Waals surface area contributed by atoms with Crippen molar-refractivity contribution in [3.8, 4) is 29.1 Å². The summed E-state index contributed by atoms with van der Waals surface area (Å²) in [6.07, 6.45) is 5.51. The number of ether oxygens (including phenoxy) is 2. The van der Waals surface area contributed by atoms with E-state index < -0.39 is 10.0 Å². The molecule has 1 aromatic carbocycles. The second kappa shape index (κ2) is 8.94. The van der Waals surface area contributed by atoms with E-state index in [0.717, 1.165) is 19.3 Å². The van der Waals surface area contributed by atoms with Gasteiger partial charge in [-0.2, -0.15) is 5.26 Å². The Labute approximate surface area is 201 Å². The molecule has 1 unspecified atom stereocenters. The number of rotatable bonds is 6. The van der Waals surface area contributed by atoms with Crippen molar-refractivity contribution >= 4 is 27.6 Å². The zero-order valence-electron chi connectivity index (χ0n) is 18.5. The van der Waals surface area contributed by atoms with Crippen molar-refractivity contribution in [1.82, 2.24) is 23.8 Å². The predicted molar refractivity (Wildman–Crippen MR) is 124 cm³/mol. The van der Waals surface area contributed by atoms with Crippen molar-refractivity contribution in [2.24, 2.45) is 5.92 Å². The van der Waals surface area contributed by atoms with Gasteiger partial charge in [0.25, 0.3) is 0 Å². The summed E-state index contributed by atoms with van der Waals surface area (Å²) in [7, 11) is -3.19. The van der Waals surface area contributed by atoms with Crippen LogP contribution in [0.2, 0.25) is 0 Å². The number of imidazole rings is 1. The lowest BCUT2D eigenvalue weighted by Crippen LogP contribution is -2.39. The van der Waals surface area contributed by atoms with Gasteiger partial charge >= 0.3 is 0 Å². The smallest absolute Gasteiger partial charge is 0.231 e. The molecular weight excluding hydrogens is 478 g/mol. The molecule has 1 fully saturated rings. The maximum atomic E-state index is 11.9. The number of anilines is 1. The van der Waals surface area contributed by atoms with Crippen LogP contribution in [-0.2, 0) is 16.6 Å². The molecule has 34 heavy (non-hydrogen) atoms. The third kappa shape index (κ3) is 4.48. The molecule has 178 valence electrons. The molecule has 4 aliphatic heterocycles. The number of aryl methyl sites for hydroxylation is 1. The van der Waals surface area contributed by atoms with Crippen LogP contribution in [0.1, 0.15) is 24.8 Å². The summed E-state index contributed by atoms with van der Waals surface area (Å²) < 4.78 is 38.1. The number of piperidine rings is 1. The van der Waals surface area contributed by atoms with Crippen LogP contribution in [0.5, 0.6) is 11.5 Å². The fourth-order valence-electron chi connectivity index (χ4n) is 4.22. The van der Waals surface area contributed by atoms with Crippen LogP contribution in [0.15, 0.2) is 28.5 Å². The first-order chi connectivity index (χ1) is 16.3. The Morgan fingerprint density at radius 1 is 1.29 bits per heavy atom. The number of sulfonamides is 1. The first kappa shape index (κ1) is 22.7. The molecular formula is C21H23N7O4S2. The third-order valence-electron chi connectivity index (χ3n) is 6.00. The molecule has 11 nitrogen and oxygen atoms in total. The highest BCUT2D eigenvalue weighted by Crippen LogP contribution is 2.41. The lowest BCUT2D eigenvalue weighted by molar-refractivity contribution is 0.174. The zero-order chi connectivity index (χ0) is 23.9. The first-order valence-electron chi connectivity index (χ1n) is 10.8. The molecule has 0 aliphatic carbocycles. The highest BCUT2D eigenvalue weighted by atomic mass is 32.2. The van der Waals surface area contributed by atoms with E-state index in [4.69, 9.17) is 15.2 Å². The topological polar surface area (TPSA) is 149 Å². The lowest BCUT2D eigenvalue weighted by Gasteiger charge is -2.31. The van der Waals surface area contributed by atoms with E-state index in [-0.39, 0.29) is 18.5 Å². The Bertz CT molecular complexity index is 1350. The molecule has 4 heterocycles. The molecule has 1 aromatic rings. The number of aromatic nitrogens is 4. The van der Waals surface area contributed by atoms with E-state index in [0.29, 0.717) is 58.3 Å². The van der Waals surface area contributed by atoms with Gasteiger partial charge in [0.2, 0.25) is 16.8 Å². The molecule has 0 bridgehead atoms. The largest absolute Gasteiger partial charge is 0.454 e. The Morgan fingerprint density at radius 3 is 2.85 bits per heavy atom. The van der Waals surface area contributed by atoms with E-state index in [9.17, 15) is 13.7 Å². The van der Waals surface area contributed by atoms with Crippen molar-refractivity contribution < 1.29 is 17.9 Å². The monoisotopic (exact) mass is 501 g/mol. The fourth-order valence-corrected chi connectivity index (χ4v) is 6.01. The van der Waals surface area contributed by atoms with Gasteiger partial charge < -0.3 is 19.8 Å². The number of benzene rings is 1. The second-order valence-electron chi connectivity index (χ2n) is 8.34. The Morgan fingerprint density at radius 2 is 2.09 bits per heavy atom. The number of nitriles is 1. The molecule has 0 radical (unpaired) electrons. The summed E-state index contributed by atoms with van der Waals surface area (Å²) in [4.78, 5) is 14.1. The number of fused-ring (bicyclic) bond motifs is 2. The molecule has 0 saturated carbocycles. The number of nitrogens with two attached hydrogens (primary N) is 1. The summed E-state index contributed by atoms with van der Waals surface area (Å²) in [5.74, 6) is 2.25. The van der Waals surface area contributed by atoms with Crippen molar-refractivity contribution in [2.45, 2.75) is 35.9 Å². The molecule has 2 N–H and O–H groups in total. The summed E-state index contributed by atoms with van der Waals surface area (Å²) in [5, 5.41) is 9.99. The molecule has 13 heteroatoms. The van der Waals surface area contributed by atoms with E-state index in [1.165, 1.54) is 18.0 Å². The third-order valence-corrected chi connectivity index (χ3v) is 8.19. The van der Waals surface area contributed by atoms with Gasteiger partial charge in [-0.1, -0.05) is 0 Å². The number of hydrogen-bond donors (Lipinski definition) is 1. The van der Waals surface area contributed by atoms with Crippen LogP contribution >= 0.6 is 11.8 Å². The highest BCUT2D eigenvalue weighted by molar-refractivity contribution is 7.99. The normalized spacial score (nSPS) is 18.3. The number of nitrogen functional groups attached to an aromatic ring is 1. The SMILES string of the molecule is CS(=O)(=O)N1CCCC(CCn2cnc(N)c3nc(Sc4cc5c(cc4C#N)OCO5)nc2-3)C1. The average molecular weight is 502 g/mol. The van der Waals surface area contributed by atoms with Gasteiger partial charge in [0.15, 0.2) is 34.0 Å². The number of nitrogens with zero attached hydrogens (tertiary/aromatic N) is 6. The molecule has 0 aromatic heterocycles. The number of hydrogen-bond acceptors (Lipinski definition) is 10. The van der Waals surface area contributed by atoms with E-state index >= 15 is 0 Å². The summed E-state index contributed by atoms with van der Waals surface area (Å²) >= 11 is 1.25. The van der Waals surface area contributed by atoms with Crippen LogP contribution < -0.4 is 15.2 Å². The Kier molecular flexibility index (Phi) is 5.97. The standard InChI is InChI=1S/C21H23N7O4S2/c1-34(29,30)28-5-2-3-13(10-28)4-6-27-11-24-19(23)18-20(27)26-21(25-18)33-17-8-16-15(31-12-32-16)7-14(17)9-22/h7-8,11,13H,2-6,10,12,23H2,1H3. The minimum atomic E-state index is -3.19. The van der Waals surface area contributed by atoms with Crippen molar-refractivity contribution in [1.29, 1.82) is 5.26 Å². The molecule has 0 amide bonds. The van der Waals surface area contributed by atoms with Crippen LogP contribution in [0, 0.1) is 17.2 Å². The van der Waals surface area contributed by atoms with Gasteiger partial charge in [-0.3, -0.25) is 0 Å². The summed E-state index contributed by atoms with van der Waals surface area (Å²) in [5.41, 5.74) is 7.00. The van der Waals surface area contributed by atoms with Gasteiger partial charge in [0.05, 0.1) is 18.1 Å². The van der Waals surface area contributed by atoms with Gasteiger partial charge in [0, 0.05) is 30.6 Å². The van der Waals surface area contributed by atoms with Crippen LogP contribution in [0.3, 0.4) is 0 Å². The molecule has 5 rings (SSSR count). The minimum Gasteiger partial charge on any atom is -0.454 e. The van der Waals surface area contributed by atoms with Gasteiger partial charge in [-0.15, -0.1) is 0 Å². The van der Waals surface area contributed by atoms with E-state index in [2.05, 4.69) is 21.0 Å². The van der Waals surface area contributed by atoms with Crippen molar-refractivity contribution in [3.63, 3.8) is 0 Å². The fraction of sp³-hybridized carbons (Fsp3) is 0.429. The van der Waals surface area contributed by atoms with Crippen molar-refractivity contribution in [3.05, 3.63) is 24.0 Å². The van der Waals surface area contributed by atoms with Gasteiger partial charge in [0.1, 0.15) is 6.07 Å². The van der Waals surface area contributed by atoms with Gasteiger partial charge in [-0.25, -0.2) is 27.7 Å². The molecule has 4 aliphatic rings. The van der Waals surface area contributed by atoms with Crippen molar-refractivity contribution in [2.75, 3.05) is 31.9 Å². The summed E-state index contributed by atoms with van der Waals surface area (Å²) in [6.45, 7) is 1.84. The minimum absolute atomic E-state index is 0.121. The lowest BCUT2D eigenvalue weighted by atomic mass is 9.96. The Hall–Kier alpha value is -3.08. The Balaban J connectivity index is 1.36. The average Bonchev–Trinajstić information content (AvgIpc) is 3.45. The van der Waals surface area contributed by atoms with E-state index in [1.807, 2.05) is 4.57 Å². The van der Waals surface area contributed by atoms with Crippen LogP contribution in [0.4, 0.5) is 5.82 Å². The van der Waals surface area contributed by atoms with E-state index in [1.54, 1.807) is 22.8 Å². The van der Waals surface area contributed by atoms with Crippen LogP contribution in [0.25, 0.3) is 11.5 Å². The first-order valence-corrected chi connectivity index (χ1v) is 13.4. The molecule has 0 spiro atoms. The van der Waals surface area contributed by atoms with Gasteiger partial charge in [-0.05, 0) is 43.0 Å². The highest BCUT2D eigenvalue weighted by Gasteiger charge is 2.27. The zero-order valence-corrected chi connectivity index (χ0v) is 20.1.